The molecule has 1 N–H and O–H groups in total. The van der Waals surface area contributed by atoms with E-state index >= 15 is 0 Å². The molecule has 0 aromatic heterocycles. The summed E-state index contributed by atoms with van der Waals surface area (Å²) >= 11 is 5.96. The first-order valence-electron chi connectivity index (χ1n) is 11.7. The SMILES string of the molecule is CC(C)C(C(=O)OC(C#N)c1cccc(Oc2ccccc2)c1)c1ccc(Cl)cc1.O=C(O)C1CC1. The average Bonchev–Trinajstić information content (AvgIpc) is 3.71. The van der Waals surface area contributed by atoms with Gasteiger partial charge in [0.2, 0.25) is 6.10 Å². The Hall–Kier alpha value is -3.82. The summed E-state index contributed by atoms with van der Waals surface area (Å²) in [5, 5.41) is 18.3. The topological polar surface area (TPSA) is 96.6 Å². The molecule has 6 nitrogen and oxygen atoms in total. The molecule has 7 heteroatoms. The van der Waals surface area contributed by atoms with Crippen molar-refractivity contribution in [2.45, 2.75) is 38.7 Å². The molecule has 4 rings (SSSR count). The number of hydrogen-bond donors (Lipinski definition) is 1. The van der Waals surface area contributed by atoms with Gasteiger partial charge in [-0.05, 0) is 60.7 Å². The van der Waals surface area contributed by atoms with E-state index in [4.69, 9.17) is 26.2 Å². The zero-order chi connectivity index (χ0) is 26.1. The highest BCUT2D eigenvalue weighted by atomic mass is 35.5. The summed E-state index contributed by atoms with van der Waals surface area (Å²) in [7, 11) is 0. The molecule has 0 heterocycles. The van der Waals surface area contributed by atoms with Gasteiger partial charge in [0, 0.05) is 10.6 Å². The molecule has 1 aliphatic carbocycles. The van der Waals surface area contributed by atoms with Gasteiger partial charge in [-0.25, -0.2) is 0 Å². The van der Waals surface area contributed by atoms with Crippen LogP contribution in [0, 0.1) is 23.2 Å². The van der Waals surface area contributed by atoms with Crippen molar-refractivity contribution >= 4 is 23.5 Å². The lowest BCUT2D eigenvalue weighted by molar-refractivity contribution is -0.150. The van der Waals surface area contributed by atoms with Crippen molar-refractivity contribution in [2.75, 3.05) is 0 Å². The number of para-hydroxylation sites is 1. The van der Waals surface area contributed by atoms with Gasteiger partial charge >= 0.3 is 11.9 Å². The lowest BCUT2D eigenvalue weighted by atomic mass is 9.88. The number of carboxylic acid groups (broad SMARTS) is 1. The van der Waals surface area contributed by atoms with Crippen molar-refractivity contribution in [2.24, 2.45) is 11.8 Å². The van der Waals surface area contributed by atoms with Crippen molar-refractivity contribution in [3.63, 3.8) is 0 Å². The number of ether oxygens (including phenoxy) is 2. The highest BCUT2D eigenvalue weighted by molar-refractivity contribution is 6.30. The third-order valence-corrected chi connectivity index (χ3v) is 5.82. The minimum Gasteiger partial charge on any atom is -0.481 e. The van der Waals surface area contributed by atoms with Gasteiger partial charge in [0.1, 0.15) is 17.6 Å². The summed E-state index contributed by atoms with van der Waals surface area (Å²) in [5.74, 6) is -0.322. The van der Waals surface area contributed by atoms with E-state index in [1.165, 1.54) is 0 Å². The monoisotopic (exact) mass is 505 g/mol. The van der Waals surface area contributed by atoms with E-state index in [1.807, 2.05) is 56.3 Å². The number of hydrogen-bond acceptors (Lipinski definition) is 5. The van der Waals surface area contributed by atoms with Crippen LogP contribution in [0.2, 0.25) is 5.02 Å². The van der Waals surface area contributed by atoms with Gasteiger partial charge in [0.15, 0.2) is 0 Å². The highest BCUT2D eigenvalue weighted by Gasteiger charge is 2.29. The molecule has 0 spiro atoms. The van der Waals surface area contributed by atoms with Crippen LogP contribution in [0.3, 0.4) is 0 Å². The first-order chi connectivity index (χ1) is 17.3. The Morgan fingerprint density at radius 2 is 1.58 bits per heavy atom. The molecule has 0 radical (unpaired) electrons. The lowest BCUT2D eigenvalue weighted by Crippen LogP contribution is -2.22. The molecule has 1 fully saturated rings. The van der Waals surface area contributed by atoms with Gasteiger partial charge in [-0.15, -0.1) is 0 Å². The Balaban J connectivity index is 0.000000526. The van der Waals surface area contributed by atoms with Crippen LogP contribution in [0.25, 0.3) is 0 Å². The van der Waals surface area contributed by atoms with E-state index in [1.54, 1.807) is 36.4 Å². The van der Waals surface area contributed by atoms with Crippen LogP contribution in [0.4, 0.5) is 0 Å². The number of carboxylic acids is 1. The normalized spacial score (nSPS) is 14.0. The molecule has 2 atom stereocenters. The molecule has 0 bridgehead atoms. The van der Waals surface area contributed by atoms with E-state index < -0.39 is 24.0 Å². The Labute approximate surface area is 216 Å². The van der Waals surface area contributed by atoms with Gasteiger partial charge in [-0.1, -0.05) is 67.9 Å². The summed E-state index contributed by atoms with van der Waals surface area (Å²) in [6, 6.07) is 25.5. The minimum absolute atomic E-state index is 0.00855. The van der Waals surface area contributed by atoms with E-state index in [-0.39, 0.29) is 11.8 Å². The van der Waals surface area contributed by atoms with E-state index in [0.29, 0.717) is 22.1 Å². The van der Waals surface area contributed by atoms with Gasteiger partial charge in [0.05, 0.1) is 11.8 Å². The van der Waals surface area contributed by atoms with Crippen molar-refractivity contribution < 1.29 is 24.2 Å². The predicted molar refractivity (Wildman–Crippen MR) is 137 cm³/mol. The first kappa shape index (κ1) is 26.8. The molecule has 0 aliphatic heterocycles. The number of halogens is 1. The second-order valence-electron chi connectivity index (χ2n) is 8.82. The molecule has 0 amide bonds. The minimum atomic E-state index is -1.04. The third-order valence-electron chi connectivity index (χ3n) is 5.57. The number of aliphatic carboxylic acids is 1. The fourth-order valence-electron chi connectivity index (χ4n) is 3.52. The van der Waals surface area contributed by atoms with Gasteiger partial charge in [0.25, 0.3) is 0 Å². The maximum atomic E-state index is 13.0. The number of esters is 1. The van der Waals surface area contributed by atoms with Crippen LogP contribution in [0.5, 0.6) is 11.5 Å². The van der Waals surface area contributed by atoms with E-state index in [0.717, 1.165) is 18.4 Å². The number of benzene rings is 3. The zero-order valence-electron chi connectivity index (χ0n) is 20.1. The van der Waals surface area contributed by atoms with Crippen LogP contribution in [0.1, 0.15) is 49.8 Å². The highest BCUT2D eigenvalue weighted by Crippen LogP contribution is 2.31. The first-order valence-corrected chi connectivity index (χ1v) is 12.1. The number of carbonyl (C=O) groups excluding carboxylic acids is 1. The molecular weight excluding hydrogens is 478 g/mol. The number of nitrogens with zero attached hydrogens (tertiary/aromatic N) is 1. The van der Waals surface area contributed by atoms with Crippen LogP contribution in [-0.4, -0.2) is 17.0 Å². The molecule has 2 unspecified atom stereocenters. The smallest absolute Gasteiger partial charge is 0.315 e. The molecule has 0 saturated heterocycles. The molecular formula is C29H28ClNO5. The Kier molecular flexibility index (Phi) is 9.49. The summed E-state index contributed by atoms with van der Waals surface area (Å²) in [6.07, 6.45) is 0.760. The third kappa shape index (κ3) is 7.86. The van der Waals surface area contributed by atoms with E-state index in [9.17, 15) is 14.9 Å². The number of nitriles is 1. The predicted octanol–water partition coefficient (Wildman–Crippen LogP) is 7.16. The molecule has 1 aliphatic rings. The molecule has 1 saturated carbocycles. The summed E-state index contributed by atoms with van der Waals surface area (Å²) in [6.45, 7) is 3.88. The lowest BCUT2D eigenvalue weighted by Gasteiger charge is -2.22. The van der Waals surface area contributed by atoms with Crippen molar-refractivity contribution in [3.8, 4) is 17.6 Å². The van der Waals surface area contributed by atoms with Crippen LogP contribution >= 0.6 is 11.6 Å². The molecule has 3 aromatic rings. The van der Waals surface area contributed by atoms with Crippen LogP contribution in [0.15, 0.2) is 78.9 Å². The number of carbonyl (C=O) groups is 2. The Morgan fingerprint density at radius 3 is 2.11 bits per heavy atom. The molecule has 3 aromatic carbocycles. The van der Waals surface area contributed by atoms with E-state index in [2.05, 4.69) is 6.07 Å². The van der Waals surface area contributed by atoms with Gasteiger partial charge in [-0.2, -0.15) is 5.26 Å². The van der Waals surface area contributed by atoms with Crippen molar-refractivity contribution in [1.82, 2.24) is 0 Å². The largest absolute Gasteiger partial charge is 0.481 e. The van der Waals surface area contributed by atoms with Crippen LogP contribution < -0.4 is 4.74 Å². The zero-order valence-corrected chi connectivity index (χ0v) is 20.9. The average molecular weight is 506 g/mol. The summed E-state index contributed by atoms with van der Waals surface area (Å²) < 4.78 is 11.4. The van der Waals surface area contributed by atoms with Gasteiger partial charge in [-0.3, -0.25) is 9.59 Å². The van der Waals surface area contributed by atoms with Crippen LogP contribution in [-0.2, 0) is 14.3 Å². The molecule has 36 heavy (non-hydrogen) atoms. The quantitative estimate of drug-likeness (QED) is 0.326. The maximum absolute atomic E-state index is 13.0. The standard InChI is InChI=1S/C25H22ClNO3.C4H6O2/c1-17(2)24(18-11-13-20(26)14-12-18)25(28)30-23(16-27)19-7-6-10-22(15-19)29-21-8-4-3-5-9-21;5-4(6)3-1-2-3/h3-15,17,23-24H,1-2H3;3H,1-2H2,(H,5,6). The second-order valence-corrected chi connectivity index (χ2v) is 9.26. The fraction of sp³-hybridized carbons (Fsp3) is 0.276. The van der Waals surface area contributed by atoms with Gasteiger partial charge < -0.3 is 14.6 Å². The number of rotatable bonds is 8. The summed E-state index contributed by atoms with van der Waals surface area (Å²) in [4.78, 5) is 22.7. The van der Waals surface area contributed by atoms with Crippen molar-refractivity contribution in [3.05, 3.63) is 95.0 Å². The summed E-state index contributed by atoms with van der Waals surface area (Å²) in [5.41, 5.74) is 1.36. The fourth-order valence-corrected chi connectivity index (χ4v) is 3.64. The Bertz CT molecular complexity index is 1200. The Morgan fingerprint density at radius 1 is 0.944 bits per heavy atom. The molecule has 186 valence electrons. The second kappa shape index (κ2) is 12.8. The maximum Gasteiger partial charge on any atom is 0.315 e. The van der Waals surface area contributed by atoms with Crippen molar-refractivity contribution in [1.29, 1.82) is 5.26 Å².